The molecule has 1 fully saturated rings. The van der Waals surface area contributed by atoms with Gasteiger partial charge in [-0.25, -0.2) is 19.9 Å². The molecule has 0 spiro atoms. The van der Waals surface area contributed by atoms with Crippen LogP contribution in [0, 0.1) is 0 Å². The van der Waals surface area contributed by atoms with Crippen LogP contribution in [0.15, 0.2) is 55.1 Å². The molecular formula is C19H20ClN7. The number of anilines is 3. The number of nitrogens with one attached hydrogen (secondary N) is 1. The monoisotopic (exact) mass is 381 g/mol. The van der Waals surface area contributed by atoms with Crippen LogP contribution in [0.25, 0.3) is 0 Å². The summed E-state index contributed by atoms with van der Waals surface area (Å²) in [6, 6.07) is 11.6. The zero-order valence-electron chi connectivity index (χ0n) is 14.8. The summed E-state index contributed by atoms with van der Waals surface area (Å²) in [6.45, 7) is 4.15. The highest BCUT2D eigenvalue weighted by molar-refractivity contribution is 6.30. The molecule has 0 unspecified atom stereocenters. The molecule has 0 radical (unpaired) electrons. The summed E-state index contributed by atoms with van der Waals surface area (Å²) < 4.78 is 0. The molecule has 1 aliphatic rings. The third kappa shape index (κ3) is 4.43. The Labute approximate surface area is 163 Å². The normalized spacial score (nSPS) is 14.3. The highest BCUT2D eigenvalue weighted by Gasteiger charge is 2.20. The standard InChI is InChI=1S/C19H20ClN7/c20-16-4-2-15(3-5-16)13-23-17-12-18(25-14-24-17)26-8-10-27(11-9-26)19-21-6-1-7-22-19/h1-7,12,14H,8-11,13H2,(H,23,24,25). The highest BCUT2D eigenvalue weighted by atomic mass is 35.5. The maximum atomic E-state index is 5.93. The summed E-state index contributed by atoms with van der Waals surface area (Å²) in [6.07, 6.45) is 5.15. The molecule has 0 atom stereocenters. The lowest BCUT2D eigenvalue weighted by atomic mass is 10.2. The number of hydrogen-bond donors (Lipinski definition) is 1. The molecule has 0 aliphatic carbocycles. The zero-order valence-corrected chi connectivity index (χ0v) is 15.5. The average Bonchev–Trinajstić information content (AvgIpc) is 2.74. The first-order valence-corrected chi connectivity index (χ1v) is 9.23. The third-order valence-electron chi connectivity index (χ3n) is 4.48. The van der Waals surface area contributed by atoms with E-state index >= 15 is 0 Å². The number of hydrogen-bond acceptors (Lipinski definition) is 7. The van der Waals surface area contributed by atoms with E-state index in [1.807, 2.05) is 36.4 Å². The van der Waals surface area contributed by atoms with Crippen molar-refractivity contribution in [3.63, 3.8) is 0 Å². The molecule has 3 heterocycles. The first-order chi connectivity index (χ1) is 13.3. The largest absolute Gasteiger partial charge is 0.366 e. The second-order valence-electron chi connectivity index (χ2n) is 6.26. The predicted molar refractivity (Wildman–Crippen MR) is 107 cm³/mol. The van der Waals surface area contributed by atoms with Gasteiger partial charge in [-0.2, -0.15) is 0 Å². The van der Waals surface area contributed by atoms with Crippen molar-refractivity contribution < 1.29 is 0 Å². The molecule has 0 amide bonds. The quantitative estimate of drug-likeness (QED) is 0.728. The van der Waals surface area contributed by atoms with Crippen LogP contribution >= 0.6 is 11.6 Å². The van der Waals surface area contributed by atoms with Gasteiger partial charge in [-0.3, -0.25) is 0 Å². The maximum Gasteiger partial charge on any atom is 0.225 e. The second kappa shape index (κ2) is 8.18. The third-order valence-corrected chi connectivity index (χ3v) is 4.73. The van der Waals surface area contributed by atoms with Crippen molar-refractivity contribution in [2.24, 2.45) is 0 Å². The summed E-state index contributed by atoms with van der Waals surface area (Å²) in [5, 5.41) is 4.08. The molecule has 0 saturated carbocycles. The Balaban J connectivity index is 1.36. The molecule has 3 aromatic rings. The molecule has 138 valence electrons. The van der Waals surface area contributed by atoms with Gasteiger partial charge in [-0.1, -0.05) is 23.7 Å². The molecular weight excluding hydrogens is 362 g/mol. The van der Waals surface area contributed by atoms with Gasteiger partial charge >= 0.3 is 0 Å². The van der Waals surface area contributed by atoms with E-state index in [0.29, 0.717) is 6.54 Å². The van der Waals surface area contributed by atoms with E-state index in [4.69, 9.17) is 11.6 Å². The van der Waals surface area contributed by atoms with E-state index in [1.54, 1.807) is 18.7 Å². The summed E-state index contributed by atoms with van der Waals surface area (Å²) >= 11 is 5.93. The maximum absolute atomic E-state index is 5.93. The van der Waals surface area contributed by atoms with Gasteiger partial charge in [0.1, 0.15) is 18.0 Å². The minimum Gasteiger partial charge on any atom is -0.366 e. The fourth-order valence-corrected chi connectivity index (χ4v) is 3.13. The molecule has 2 aromatic heterocycles. The van der Waals surface area contributed by atoms with E-state index in [2.05, 4.69) is 35.1 Å². The minimum absolute atomic E-state index is 0.687. The Hall–Kier alpha value is -2.93. The molecule has 27 heavy (non-hydrogen) atoms. The second-order valence-corrected chi connectivity index (χ2v) is 6.70. The van der Waals surface area contributed by atoms with E-state index < -0.39 is 0 Å². The van der Waals surface area contributed by atoms with Crippen LogP contribution in [-0.4, -0.2) is 46.1 Å². The molecule has 1 aromatic carbocycles. The van der Waals surface area contributed by atoms with Gasteiger partial charge in [0.15, 0.2) is 0 Å². The van der Waals surface area contributed by atoms with E-state index in [-0.39, 0.29) is 0 Å². The molecule has 8 heteroatoms. The molecule has 1 saturated heterocycles. The molecule has 1 aliphatic heterocycles. The van der Waals surface area contributed by atoms with E-state index in [9.17, 15) is 0 Å². The van der Waals surface area contributed by atoms with Gasteiger partial charge < -0.3 is 15.1 Å². The molecule has 0 bridgehead atoms. The summed E-state index contributed by atoms with van der Waals surface area (Å²) in [4.78, 5) is 21.9. The van der Waals surface area contributed by atoms with Crippen LogP contribution in [0.5, 0.6) is 0 Å². The van der Waals surface area contributed by atoms with Crippen LogP contribution in [-0.2, 0) is 6.54 Å². The lowest BCUT2D eigenvalue weighted by Gasteiger charge is -2.35. The van der Waals surface area contributed by atoms with Crippen molar-refractivity contribution in [3.05, 3.63) is 65.7 Å². The van der Waals surface area contributed by atoms with Gasteiger partial charge in [-0.05, 0) is 23.8 Å². The van der Waals surface area contributed by atoms with E-state index in [1.165, 1.54) is 0 Å². The Morgan fingerprint density at radius 3 is 2.33 bits per heavy atom. The van der Waals surface area contributed by atoms with Gasteiger partial charge in [0.05, 0.1) is 0 Å². The van der Waals surface area contributed by atoms with Crippen LogP contribution in [0.3, 0.4) is 0 Å². The van der Waals surface area contributed by atoms with Crippen molar-refractivity contribution in [3.8, 4) is 0 Å². The Morgan fingerprint density at radius 1 is 0.889 bits per heavy atom. The van der Waals surface area contributed by atoms with Gasteiger partial charge in [0.25, 0.3) is 0 Å². The van der Waals surface area contributed by atoms with Crippen molar-refractivity contribution in [1.29, 1.82) is 0 Å². The predicted octanol–water partition coefficient (Wildman–Crippen LogP) is 2.86. The van der Waals surface area contributed by atoms with Crippen LogP contribution in [0.2, 0.25) is 5.02 Å². The van der Waals surface area contributed by atoms with Crippen LogP contribution in [0.1, 0.15) is 5.56 Å². The fourth-order valence-electron chi connectivity index (χ4n) is 3.00. The lowest BCUT2D eigenvalue weighted by molar-refractivity contribution is 0.634. The summed E-state index contributed by atoms with van der Waals surface area (Å²) in [7, 11) is 0. The zero-order chi connectivity index (χ0) is 18.5. The number of rotatable bonds is 5. The van der Waals surface area contributed by atoms with Crippen LogP contribution < -0.4 is 15.1 Å². The average molecular weight is 382 g/mol. The van der Waals surface area contributed by atoms with Crippen molar-refractivity contribution in [2.45, 2.75) is 6.54 Å². The fraction of sp³-hybridized carbons (Fsp3) is 0.263. The number of piperazine rings is 1. The van der Waals surface area contributed by atoms with Crippen LogP contribution in [0.4, 0.5) is 17.6 Å². The summed E-state index contributed by atoms with van der Waals surface area (Å²) in [5.74, 6) is 2.52. The van der Waals surface area contributed by atoms with Gasteiger partial charge in [0.2, 0.25) is 5.95 Å². The number of aromatic nitrogens is 4. The SMILES string of the molecule is Clc1ccc(CNc2cc(N3CCN(c4ncccn4)CC3)ncn2)cc1. The first kappa shape index (κ1) is 17.5. The molecule has 4 rings (SSSR count). The lowest BCUT2D eigenvalue weighted by Crippen LogP contribution is -2.47. The molecule has 7 nitrogen and oxygen atoms in total. The first-order valence-electron chi connectivity index (χ1n) is 8.85. The Bertz CT molecular complexity index is 865. The topological polar surface area (TPSA) is 70.1 Å². The highest BCUT2D eigenvalue weighted by Crippen LogP contribution is 2.18. The van der Waals surface area contributed by atoms with E-state index in [0.717, 1.165) is 54.3 Å². The smallest absolute Gasteiger partial charge is 0.225 e. The van der Waals surface area contributed by atoms with Crippen molar-refractivity contribution >= 4 is 29.2 Å². The van der Waals surface area contributed by atoms with Gasteiger partial charge in [0, 0.05) is 56.2 Å². The Kier molecular flexibility index (Phi) is 5.29. The summed E-state index contributed by atoms with van der Waals surface area (Å²) in [5.41, 5.74) is 1.15. The number of nitrogens with zero attached hydrogens (tertiary/aromatic N) is 6. The van der Waals surface area contributed by atoms with Gasteiger partial charge in [-0.15, -0.1) is 0 Å². The minimum atomic E-state index is 0.687. The van der Waals surface area contributed by atoms with Crippen molar-refractivity contribution in [2.75, 3.05) is 41.3 Å². The number of benzene rings is 1. The Morgan fingerprint density at radius 2 is 1.59 bits per heavy atom. The number of halogens is 1. The molecule has 1 N–H and O–H groups in total. The van der Waals surface area contributed by atoms with Crippen molar-refractivity contribution in [1.82, 2.24) is 19.9 Å².